The number of fused-ring (bicyclic) bond motifs is 1. The van der Waals surface area contributed by atoms with Crippen molar-refractivity contribution in [1.29, 1.82) is 0 Å². The van der Waals surface area contributed by atoms with Gasteiger partial charge in [0.15, 0.2) is 16.1 Å². The first-order valence-corrected chi connectivity index (χ1v) is 8.36. The minimum atomic E-state index is -0.0748. The molecule has 23 heavy (non-hydrogen) atoms. The highest BCUT2D eigenvalue weighted by Gasteiger charge is 2.29. The summed E-state index contributed by atoms with van der Waals surface area (Å²) in [7, 11) is 0. The molecule has 0 aromatic carbocycles. The van der Waals surface area contributed by atoms with Crippen LogP contribution < -0.4 is 0 Å². The summed E-state index contributed by atoms with van der Waals surface area (Å²) in [5.74, 6) is 1.39. The Bertz CT molecular complexity index is 857. The third-order valence-corrected chi connectivity index (χ3v) is 4.62. The average Bonchev–Trinajstić information content (AvgIpc) is 3.20. The van der Waals surface area contributed by atoms with Gasteiger partial charge in [0.25, 0.3) is 5.91 Å². The Morgan fingerprint density at radius 3 is 3.00 bits per heavy atom. The molecule has 1 amide bonds. The number of hydrogen-bond acceptors (Lipinski definition) is 4. The summed E-state index contributed by atoms with van der Waals surface area (Å²) in [5.41, 5.74) is 0.834. The Kier molecular flexibility index (Phi) is 3.65. The lowest BCUT2D eigenvalue weighted by molar-refractivity contribution is 0.0670. The lowest BCUT2D eigenvalue weighted by Crippen LogP contribution is -2.39. The Labute approximate surface area is 141 Å². The molecule has 1 aliphatic heterocycles. The van der Waals surface area contributed by atoms with E-state index in [4.69, 9.17) is 4.42 Å². The average molecular weight is 375 g/mol. The molecule has 4 heterocycles. The molecule has 0 unspecified atom stereocenters. The number of carbonyl (C=O) groups excluding carboxylic acids is 1. The standard InChI is InChI=1S/C16H15BrN4O2/c17-13-7-6-12(23-13)16(22)20-8-3-4-11(10-20)15-19-18-14-5-1-2-9-21(14)15/h1-2,5-7,9,11H,3-4,8,10H2/t11-/m1/s1. The molecule has 0 N–H and O–H groups in total. The molecule has 3 aromatic rings. The van der Waals surface area contributed by atoms with Crippen LogP contribution in [0.2, 0.25) is 0 Å². The smallest absolute Gasteiger partial charge is 0.289 e. The summed E-state index contributed by atoms with van der Waals surface area (Å²) >= 11 is 3.24. The van der Waals surface area contributed by atoms with Gasteiger partial charge >= 0.3 is 0 Å². The van der Waals surface area contributed by atoms with Crippen molar-refractivity contribution < 1.29 is 9.21 Å². The number of piperidine rings is 1. The van der Waals surface area contributed by atoms with Crippen LogP contribution in [0, 0.1) is 0 Å². The van der Waals surface area contributed by atoms with Gasteiger partial charge in [-0.2, -0.15) is 0 Å². The minimum absolute atomic E-state index is 0.0748. The Balaban J connectivity index is 1.58. The molecular formula is C16H15BrN4O2. The number of carbonyl (C=O) groups is 1. The fourth-order valence-corrected chi connectivity index (χ4v) is 3.40. The number of amides is 1. The van der Waals surface area contributed by atoms with E-state index in [1.54, 1.807) is 12.1 Å². The maximum Gasteiger partial charge on any atom is 0.289 e. The van der Waals surface area contributed by atoms with Crippen LogP contribution in [0.5, 0.6) is 0 Å². The zero-order valence-corrected chi connectivity index (χ0v) is 13.9. The molecule has 1 fully saturated rings. The zero-order valence-electron chi connectivity index (χ0n) is 12.4. The van der Waals surface area contributed by atoms with E-state index in [2.05, 4.69) is 26.1 Å². The molecule has 0 aliphatic carbocycles. The molecule has 6 nitrogen and oxygen atoms in total. The number of likely N-dealkylation sites (tertiary alicyclic amines) is 1. The van der Waals surface area contributed by atoms with Crippen molar-refractivity contribution in [3.63, 3.8) is 0 Å². The number of halogens is 1. The van der Waals surface area contributed by atoms with Gasteiger partial charge < -0.3 is 9.32 Å². The van der Waals surface area contributed by atoms with Crippen molar-refractivity contribution in [3.8, 4) is 0 Å². The van der Waals surface area contributed by atoms with Crippen molar-refractivity contribution in [3.05, 3.63) is 52.8 Å². The van der Waals surface area contributed by atoms with Gasteiger partial charge in [0, 0.05) is 25.2 Å². The van der Waals surface area contributed by atoms with Crippen LogP contribution in [0.3, 0.4) is 0 Å². The van der Waals surface area contributed by atoms with Crippen LogP contribution in [-0.2, 0) is 0 Å². The van der Waals surface area contributed by atoms with Gasteiger partial charge in [0.1, 0.15) is 5.82 Å². The van der Waals surface area contributed by atoms with Crippen LogP contribution in [0.15, 0.2) is 45.6 Å². The Hall–Kier alpha value is -2.15. The molecule has 1 aliphatic rings. The summed E-state index contributed by atoms with van der Waals surface area (Å²) in [6, 6.07) is 9.27. The molecule has 0 radical (unpaired) electrons. The highest BCUT2D eigenvalue weighted by molar-refractivity contribution is 9.10. The van der Waals surface area contributed by atoms with Crippen LogP contribution in [0.4, 0.5) is 0 Å². The highest BCUT2D eigenvalue weighted by atomic mass is 79.9. The fourth-order valence-electron chi connectivity index (χ4n) is 3.10. The number of hydrogen-bond donors (Lipinski definition) is 0. The lowest BCUT2D eigenvalue weighted by Gasteiger charge is -2.31. The van der Waals surface area contributed by atoms with Crippen molar-refractivity contribution in [2.45, 2.75) is 18.8 Å². The molecule has 1 saturated heterocycles. The van der Waals surface area contributed by atoms with Gasteiger partial charge in [-0.1, -0.05) is 6.07 Å². The normalized spacial score (nSPS) is 18.5. The number of rotatable bonds is 2. The van der Waals surface area contributed by atoms with Crippen LogP contribution >= 0.6 is 15.9 Å². The maximum atomic E-state index is 12.6. The van der Waals surface area contributed by atoms with E-state index in [0.29, 0.717) is 17.0 Å². The van der Waals surface area contributed by atoms with Crippen LogP contribution in [0.25, 0.3) is 5.65 Å². The summed E-state index contributed by atoms with van der Waals surface area (Å²) in [6.07, 6.45) is 3.91. The molecule has 118 valence electrons. The maximum absolute atomic E-state index is 12.6. The van der Waals surface area contributed by atoms with E-state index in [0.717, 1.165) is 30.9 Å². The van der Waals surface area contributed by atoms with Gasteiger partial charge in [-0.3, -0.25) is 9.20 Å². The fraction of sp³-hybridized carbons (Fsp3) is 0.312. The SMILES string of the molecule is O=C(c1ccc(Br)o1)N1CCC[C@@H](c2nnc3ccccn23)C1. The monoisotopic (exact) mass is 374 g/mol. The second-order valence-electron chi connectivity index (χ2n) is 5.68. The van der Waals surface area contributed by atoms with Gasteiger partial charge in [0.2, 0.25) is 0 Å². The summed E-state index contributed by atoms with van der Waals surface area (Å²) in [4.78, 5) is 14.4. The molecule has 0 saturated carbocycles. The van der Waals surface area contributed by atoms with Crippen molar-refractivity contribution in [2.75, 3.05) is 13.1 Å². The molecule has 1 atom stereocenters. The molecule has 3 aromatic heterocycles. The molecule has 0 bridgehead atoms. The van der Waals surface area contributed by atoms with Gasteiger partial charge in [-0.05, 0) is 53.0 Å². The molecule has 0 spiro atoms. The quantitative estimate of drug-likeness (QED) is 0.691. The summed E-state index contributed by atoms with van der Waals surface area (Å²) < 4.78 is 7.96. The van der Waals surface area contributed by atoms with Gasteiger partial charge in [-0.15, -0.1) is 10.2 Å². The van der Waals surface area contributed by atoms with Gasteiger partial charge in [0.05, 0.1) is 0 Å². The number of nitrogens with zero attached hydrogens (tertiary/aromatic N) is 4. The Morgan fingerprint density at radius 2 is 2.17 bits per heavy atom. The molecule has 4 rings (SSSR count). The third kappa shape index (κ3) is 2.65. The third-order valence-electron chi connectivity index (χ3n) is 4.20. The first-order chi connectivity index (χ1) is 11.2. The van der Waals surface area contributed by atoms with Crippen LogP contribution in [0.1, 0.15) is 35.1 Å². The van der Waals surface area contributed by atoms with E-state index in [1.165, 1.54) is 0 Å². The second-order valence-corrected chi connectivity index (χ2v) is 6.46. The van der Waals surface area contributed by atoms with E-state index in [-0.39, 0.29) is 11.8 Å². The summed E-state index contributed by atoms with van der Waals surface area (Å²) in [5, 5.41) is 8.54. The predicted molar refractivity (Wildman–Crippen MR) is 87.3 cm³/mol. The molecular weight excluding hydrogens is 360 g/mol. The number of pyridine rings is 1. The van der Waals surface area contributed by atoms with Crippen molar-refractivity contribution in [1.82, 2.24) is 19.5 Å². The lowest BCUT2D eigenvalue weighted by atomic mass is 9.97. The largest absolute Gasteiger partial charge is 0.444 e. The van der Waals surface area contributed by atoms with Crippen molar-refractivity contribution >= 4 is 27.5 Å². The van der Waals surface area contributed by atoms with Crippen molar-refractivity contribution in [2.24, 2.45) is 0 Å². The van der Waals surface area contributed by atoms with E-state index >= 15 is 0 Å². The van der Waals surface area contributed by atoms with E-state index < -0.39 is 0 Å². The van der Waals surface area contributed by atoms with Crippen LogP contribution in [-0.4, -0.2) is 38.5 Å². The summed E-state index contributed by atoms with van der Waals surface area (Å²) in [6.45, 7) is 1.37. The van der Waals surface area contributed by atoms with E-state index in [9.17, 15) is 4.79 Å². The number of aromatic nitrogens is 3. The molecule has 7 heteroatoms. The second kappa shape index (κ2) is 5.81. The van der Waals surface area contributed by atoms with Gasteiger partial charge in [-0.25, -0.2) is 0 Å². The first-order valence-electron chi connectivity index (χ1n) is 7.56. The first kappa shape index (κ1) is 14.4. The highest BCUT2D eigenvalue weighted by Crippen LogP contribution is 2.27. The number of furan rings is 1. The Morgan fingerprint density at radius 1 is 1.26 bits per heavy atom. The van der Waals surface area contributed by atoms with E-state index in [1.807, 2.05) is 33.7 Å². The predicted octanol–water partition coefficient (Wildman–Crippen LogP) is 3.10. The minimum Gasteiger partial charge on any atom is -0.444 e. The zero-order chi connectivity index (χ0) is 15.8. The topological polar surface area (TPSA) is 63.6 Å².